The largest absolute Gasteiger partial charge is 0.294 e. The van der Waals surface area contributed by atoms with Gasteiger partial charge in [-0.15, -0.1) is 9.89 Å². The molecule has 2 aromatic heterocycles. The summed E-state index contributed by atoms with van der Waals surface area (Å²) in [6, 6.07) is 17.4. The number of hydrogen-bond donors (Lipinski definition) is 1. The van der Waals surface area contributed by atoms with Crippen molar-refractivity contribution in [3.8, 4) is 11.3 Å². The van der Waals surface area contributed by atoms with E-state index in [-0.39, 0.29) is 12.3 Å². The van der Waals surface area contributed by atoms with Crippen molar-refractivity contribution in [1.82, 2.24) is 14.9 Å². The van der Waals surface area contributed by atoms with Gasteiger partial charge in [0.15, 0.2) is 0 Å². The average molecular weight is 425 g/mol. The lowest BCUT2D eigenvalue weighted by Gasteiger charge is -2.12. The lowest BCUT2D eigenvalue weighted by atomic mass is 10.1. The Labute approximate surface area is 175 Å². The standard InChI is InChI=1S/C21H14Cl2N4O2/c22-15-8-5-13(6-9-15)11-19(28)25-27-21(29)17-4-2-1-3-16(17)20(26-27)14-7-10-18(23)24-12-14/h1-10,12H,11H2,(H,25,28). The number of hydrogen-bond acceptors (Lipinski definition) is 4. The van der Waals surface area contributed by atoms with Crippen LogP contribution < -0.4 is 11.0 Å². The quantitative estimate of drug-likeness (QED) is 0.500. The van der Waals surface area contributed by atoms with Crippen LogP contribution in [0.25, 0.3) is 22.0 Å². The number of benzene rings is 2. The van der Waals surface area contributed by atoms with Gasteiger partial charge in [-0.25, -0.2) is 10.4 Å². The highest BCUT2D eigenvalue weighted by Crippen LogP contribution is 2.24. The Hall–Kier alpha value is -3.22. The van der Waals surface area contributed by atoms with Gasteiger partial charge >= 0.3 is 0 Å². The van der Waals surface area contributed by atoms with Crippen molar-refractivity contribution in [2.45, 2.75) is 6.42 Å². The molecule has 0 saturated carbocycles. The zero-order valence-corrected chi connectivity index (χ0v) is 16.5. The summed E-state index contributed by atoms with van der Waals surface area (Å²) < 4.78 is 0. The van der Waals surface area contributed by atoms with E-state index in [4.69, 9.17) is 23.2 Å². The van der Waals surface area contributed by atoms with Crippen LogP contribution in [0, 0.1) is 0 Å². The number of aromatic nitrogens is 3. The van der Waals surface area contributed by atoms with E-state index in [9.17, 15) is 9.59 Å². The van der Waals surface area contributed by atoms with Gasteiger partial charge in [0.2, 0.25) is 5.91 Å². The van der Waals surface area contributed by atoms with Crippen LogP contribution in [0.1, 0.15) is 5.56 Å². The third-order valence-electron chi connectivity index (χ3n) is 4.31. The summed E-state index contributed by atoms with van der Waals surface area (Å²) in [5.74, 6) is -0.377. The molecule has 29 heavy (non-hydrogen) atoms. The third-order valence-corrected chi connectivity index (χ3v) is 4.79. The van der Waals surface area contributed by atoms with Crippen LogP contribution in [-0.4, -0.2) is 20.8 Å². The lowest BCUT2D eigenvalue weighted by Crippen LogP contribution is -2.36. The van der Waals surface area contributed by atoms with Crippen LogP contribution >= 0.6 is 23.2 Å². The van der Waals surface area contributed by atoms with E-state index in [2.05, 4.69) is 15.5 Å². The molecule has 0 aliphatic carbocycles. The normalized spacial score (nSPS) is 10.8. The number of nitrogens with zero attached hydrogens (tertiary/aromatic N) is 3. The number of carbonyl (C=O) groups is 1. The van der Waals surface area contributed by atoms with Crippen LogP contribution in [0.15, 0.2) is 71.7 Å². The molecular weight excluding hydrogens is 411 g/mol. The smallest absolute Gasteiger partial charge is 0.273 e. The van der Waals surface area contributed by atoms with Gasteiger partial charge < -0.3 is 0 Å². The minimum atomic E-state index is -0.421. The Morgan fingerprint density at radius 2 is 1.69 bits per heavy atom. The fourth-order valence-electron chi connectivity index (χ4n) is 2.94. The van der Waals surface area contributed by atoms with Gasteiger partial charge in [0, 0.05) is 22.2 Å². The van der Waals surface area contributed by atoms with Gasteiger partial charge in [-0.3, -0.25) is 9.59 Å². The summed E-state index contributed by atoms with van der Waals surface area (Å²) in [7, 11) is 0. The van der Waals surface area contributed by atoms with E-state index in [0.717, 1.165) is 10.4 Å². The molecule has 6 nitrogen and oxygen atoms in total. The fraction of sp³-hybridized carbons (Fsp3) is 0.0476. The molecule has 0 atom stereocenters. The molecule has 144 valence electrons. The molecule has 8 heteroatoms. The summed E-state index contributed by atoms with van der Waals surface area (Å²) in [5, 5.41) is 6.39. The molecule has 2 aromatic carbocycles. The van der Waals surface area contributed by atoms with E-state index < -0.39 is 5.56 Å². The number of pyridine rings is 1. The van der Waals surface area contributed by atoms with E-state index in [1.54, 1.807) is 60.8 Å². The highest BCUT2D eigenvalue weighted by atomic mass is 35.5. The van der Waals surface area contributed by atoms with E-state index in [1.165, 1.54) is 0 Å². The van der Waals surface area contributed by atoms with Gasteiger partial charge in [0.05, 0.1) is 11.8 Å². The Morgan fingerprint density at radius 3 is 2.38 bits per heavy atom. The van der Waals surface area contributed by atoms with Crippen molar-refractivity contribution >= 4 is 39.9 Å². The van der Waals surface area contributed by atoms with Crippen molar-refractivity contribution in [1.29, 1.82) is 0 Å². The molecule has 2 heterocycles. The van der Waals surface area contributed by atoms with Gasteiger partial charge in [-0.2, -0.15) is 0 Å². The summed E-state index contributed by atoms with van der Waals surface area (Å²) in [6.07, 6.45) is 1.65. The first kappa shape index (κ1) is 19.1. The van der Waals surface area contributed by atoms with Crippen molar-refractivity contribution in [3.05, 3.63) is 93.0 Å². The molecule has 0 aliphatic rings. The number of amides is 1. The van der Waals surface area contributed by atoms with Gasteiger partial charge in [0.1, 0.15) is 10.8 Å². The summed E-state index contributed by atoms with van der Waals surface area (Å²) in [5.41, 5.74) is 4.09. The summed E-state index contributed by atoms with van der Waals surface area (Å²) >= 11 is 11.7. The first-order valence-corrected chi connectivity index (χ1v) is 9.45. The number of nitrogens with one attached hydrogen (secondary N) is 1. The van der Waals surface area contributed by atoms with Crippen LogP contribution in [0.4, 0.5) is 0 Å². The molecule has 1 N–H and O–H groups in total. The molecule has 0 spiro atoms. The van der Waals surface area contributed by atoms with Crippen molar-refractivity contribution in [2.75, 3.05) is 5.43 Å². The van der Waals surface area contributed by atoms with Crippen molar-refractivity contribution < 1.29 is 4.79 Å². The summed E-state index contributed by atoms with van der Waals surface area (Å²) in [4.78, 5) is 30.3. The Balaban J connectivity index is 1.73. The number of halogens is 2. The van der Waals surface area contributed by atoms with Gasteiger partial charge in [0.25, 0.3) is 5.56 Å². The molecule has 0 fully saturated rings. The molecule has 4 rings (SSSR count). The maximum atomic E-state index is 12.8. The van der Waals surface area contributed by atoms with Crippen LogP contribution in [0.5, 0.6) is 0 Å². The van der Waals surface area contributed by atoms with Crippen LogP contribution in [-0.2, 0) is 11.2 Å². The first-order chi connectivity index (χ1) is 14.0. The van der Waals surface area contributed by atoms with Crippen LogP contribution in [0.2, 0.25) is 10.2 Å². The zero-order valence-electron chi connectivity index (χ0n) is 15.0. The zero-order chi connectivity index (χ0) is 20.4. The molecular formula is C21H14Cl2N4O2. The molecule has 0 aliphatic heterocycles. The molecule has 1 amide bonds. The average Bonchev–Trinajstić information content (AvgIpc) is 2.73. The maximum Gasteiger partial charge on any atom is 0.294 e. The van der Waals surface area contributed by atoms with E-state index >= 15 is 0 Å². The van der Waals surface area contributed by atoms with Crippen LogP contribution in [0.3, 0.4) is 0 Å². The Bertz CT molecular complexity index is 1250. The second kappa shape index (κ2) is 8.03. The lowest BCUT2D eigenvalue weighted by molar-refractivity contribution is -0.116. The molecule has 0 unspecified atom stereocenters. The van der Waals surface area contributed by atoms with E-state index in [0.29, 0.717) is 32.2 Å². The maximum absolute atomic E-state index is 12.8. The summed E-state index contributed by atoms with van der Waals surface area (Å²) in [6.45, 7) is 0. The van der Waals surface area contributed by atoms with Crippen molar-refractivity contribution in [3.63, 3.8) is 0 Å². The second-order valence-electron chi connectivity index (χ2n) is 6.32. The minimum Gasteiger partial charge on any atom is -0.273 e. The molecule has 0 bridgehead atoms. The minimum absolute atomic E-state index is 0.0793. The van der Waals surface area contributed by atoms with Gasteiger partial charge in [-0.1, -0.05) is 53.5 Å². The molecule has 4 aromatic rings. The fourth-order valence-corrected chi connectivity index (χ4v) is 3.18. The Morgan fingerprint density at radius 1 is 0.966 bits per heavy atom. The predicted molar refractivity (Wildman–Crippen MR) is 114 cm³/mol. The van der Waals surface area contributed by atoms with E-state index in [1.807, 2.05) is 6.07 Å². The Kier molecular flexibility index (Phi) is 5.29. The van der Waals surface area contributed by atoms with Crippen molar-refractivity contribution in [2.24, 2.45) is 0 Å². The highest BCUT2D eigenvalue weighted by Gasteiger charge is 2.14. The third kappa shape index (κ3) is 4.13. The number of carbonyl (C=O) groups excluding carboxylic acids is 1. The first-order valence-electron chi connectivity index (χ1n) is 8.69. The number of rotatable bonds is 4. The number of fused-ring (bicyclic) bond motifs is 1. The topological polar surface area (TPSA) is 76.9 Å². The predicted octanol–water partition coefficient (Wildman–Crippen LogP) is 4.08. The molecule has 0 saturated heterocycles. The monoisotopic (exact) mass is 424 g/mol. The highest BCUT2D eigenvalue weighted by molar-refractivity contribution is 6.30. The second-order valence-corrected chi connectivity index (χ2v) is 7.14. The molecule has 0 radical (unpaired) electrons. The SMILES string of the molecule is O=C(Cc1ccc(Cl)cc1)Nn1nc(-c2ccc(Cl)nc2)c2ccccc2c1=O. The van der Waals surface area contributed by atoms with Gasteiger partial charge in [-0.05, 0) is 35.9 Å².